The SMILES string of the molecule is Cc1cc(NC2CCCCCC2)nc(N2CCN(c3ncccn3)CC2)n1. The summed E-state index contributed by atoms with van der Waals surface area (Å²) in [7, 11) is 0. The van der Waals surface area contributed by atoms with Gasteiger partial charge < -0.3 is 15.1 Å². The molecule has 0 aromatic carbocycles. The lowest BCUT2D eigenvalue weighted by atomic mass is 10.1. The van der Waals surface area contributed by atoms with Crippen molar-refractivity contribution in [1.29, 1.82) is 0 Å². The maximum Gasteiger partial charge on any atom is 0.227 e. The minimum atomic E-state index is 0.543. The fourth-order valence-corrected chi connectivity index (χ4v) is 3.96. The Balaban J connectivity index is 1.41. The highest BCUT2D eigenvalue weighted by molar-refractivity contribution is 5.45. The van der Waals surface area contributed by atoms with Crippen molar-refractivity contribution in [3.63, 3.8) is 0 Å². The summed E-state index contributed by atoms with van der Waals surface area (Å²) in [6.07, 6.45) is 11.4. The van der Waals surface area contributed by atoms with Gasteiger partial charge in [0.05, 0.1) is 0 Å². The first-order valence-corrected chi connectivity index (χ1v) is 10.2. The molecular weight excluding hydrogens is 338 g/mol. The maximum atomic E-state index is 4.83. The van der Waals surface area contributed by atoms with Crippen LogP contribution in [0.15, 0.2) is 24.5 Å². The Morgan fingerprint density at radius 2 is 1.48 bits per heavy atom. The summed E-state index contributed by atoms with van der Waals surface area (Å²) < 4.78 is 0. The molecule has 0 amide bonds. The van der Waals surface area contributed by atoms with Crippen LogP contribution in [0.5, 0.6) is 0 Å². The summed E-state index contributed by atoms with van der Waals surface area (Å²) >= 11 is 0. The van der Waals surface area contributed by atoms with Crippen molar-refractivity contribution in [2.75, 3.05) is 41.3 Å². The molecule has 1 saturated heterocycles. The number of aromatic nitrogens is 4. The van der Waals surface area contributed by atoms with Crippen LogP contribution < -0.4 is 15.1 Å². The van der Waals surface area contributed by atoms with Crippen LogP contribution in [0.1, 0.15) is 44.2 Å². The number of aryl methyl sites for hydroxylation is 1. The predicted octanol–water partition coefficient (Wildman–Crippen LogP) is 3.04. The summed E-state index contributed by atoms with van der Waals surface area (Å²) in [6, 6.07) is 4.47. The Morgan fingerprint density at radius 1 is 0.852 bits per heavy atom. The van der Waals surface area contributed by atoms with Gasteiger partial charge in [-0.15, -0.1) is 0 Å². The van der Waals surface area contributed by atoms with Crippen LogP contribution in [0.3, 0.4) is 0 Å². The van der Waals surface area contributed by atoms with Gasteiger partial charge in [0.2, 0.25) is 11.9 Å². The van der Waals surface area contributed by atoms with E-state index in [1.807, 2.05) is 6.07 Å². The lowest BCUT2D eigenvalue weighted by molar-refractivity contribution is 0.613. The third-order valence-corrected chi connectivity index (χ3v) is 5.45. The zero-order valence-electron chi connectivity index (χ0n) is 16.1. The molecule has 0 radical (unpaired) electrons. The monoisotopic (exact) mass is 367 g/mol. The topological polar surface area (TPSA) is 70.1 Å². The molecule has 1 aliphatic heterocycles. The Kier molecular flexibility index (Phi) is 5.65. The fraction of sp³-hybridized carbons (Fsp3) is 0.600. The van der Waals surface area contributed by atoms with Crippen molar-refractivity contribution in [3.8, 4) is 0 Å². The molecule has 7 nitrogen and oxygen atoms in total. The smallest absolute Gasteiger partial charge is 0.227 e. The van der Waals surface area contributed by atoms with Crippen LogP contribution in [0.4, 0.5) is 17.7 Å². The Hall–Kier alpha value is -2.44. The maximum absolute atomic E-state index is 4.83. The summed E-state index contributed by atoms with van der Waals surface area (Å²) in [5, 5.41) is 3.67. The molecule has 4 rings (SSSR count). The van der Waals surface area contributed by atoms with E-state index in [1.54, 1.807) is 12.4 Å². The lowest BCUT2D eigenvalue weighted by Gasteiger charge is -2.34. The predicted molar refractivity (Wildman–Crippen MR) is 108 cm³/mol. The third-order valence-electron chi connectivity index (χ3n) is 5.45. The summed E-state index contributed by atoms with van der Waals surface area (Å²) in [5.41, 5.74) is 1.02. The zero-order valence-corrected chi connectivity index (χ0v) is 16.1. The molecule has 1 saturated carbocycles. The van der Waals surface area contributed by atoms with Crippen LogP contribution >= 0.6 is 0 Å². The van der Waals surface area contributed by atoms with Crippen molar-refractivity contribution >= 4 is 17.7 Å². The van der Waals surface area contributed by atoms with Gasteiger partial charge in [-0.2, -0.15) is 4.98 Å². The first-order chi connectivity index (χ1) is 13.3. The second-order valence-electron chi connectivity index (χ2n) is 7.55. The van der Waals surface area contributed by atoms with Crippen molar-refractivity contribution < 1.29 is 0 Å². The molecule has 144 valence electrons. The Bertz CT molecular complexity index is 720. The van der Waals surface area contributed by atoms with E-state index in [1.165, 1.54) is 38.5 Å². The first-order valence-electron chi connectivity index (χ1n) is 10.2. The largest absolute Gasteiger partial charge is 0.367 e. The highest BCUT2D eigenvalue weighted by Gasteiger charge is 2.21. The molecule has 2 aliphatic rings. The molecule has 0 atom stereocenters. The second kappa shape index (κ2) is 8.50. The van der Waals surface area contributed by atoms with Crippen LogP contribution in [0.2, 0.25) is 0 Å². The Morgan fingerprint density at radius 3 is 2.15 bits per heavy atom. The minimum absolute atomic E-state index is 0.543. The molecule has 2 aromatic heterocycles. The molecule has 7 heteroatoms. The van der Waals surface area contributed by atoms with Crippen molar-refractivity contribution in [3.05, 3.63) is 30.2 Å². The molecule has 1 aliphatic carbocycles. The molecule has 0 unspecified atom stereocenters. The van der Waals surface area contributed by atoms with E-state index < -0.39 is 0 Å². The fourth-order valence-electron chi connectivity index (χ4n) is 3.96. The van der Waals surface area contributed by atoms with Gasteiger partial charge in [0.15, 0.2) is 0 Å². The average Bonchev–Trinajstić information content (AvgIpc) is 2.97. The van der Waals surface area contributed by atoms with E-state index in [0.717, 1.165) is 49.6 Å². The number of anilines is 3. The van der Waals surface area contributed by atoms with Crippen molar-refractivity contribution in [2.45, 2.75) is 51.5 Å². The van der Waals surface area contributed by atoms with Gasteiger partial charge in [0.1, 0.15) is 5.82 Å². The highest BCUT2D eigenvalue weighted by Crippen LogP contribution is 2.22. The zero-order chi connectivity index (χ0) is 18.5. The molecule has 1 N–H and O–H groups in total. The Labute approximate surface area is 161 Å². The quantitative estimate of drug-likeness (QED) is 0.833. The number of hydrogen-bond acceptors (Lipinski definition) is 7. The van der Waals surface area contributed by atoms with Gasteiger partial charge in [0, 0.05) is 56.4 Å². The number of nitrogens with one attached hydrogen (secondary N) is 1. The minimum Gasteiger partial charge on any atom is -0.367 e. The number of piperazine rings is 1. The van der Waals surface area contributed by atoms with Gasteiger partial charge in [-0.3, -0.25) is 0 Å². The van der Waals surface area contributed by atoms with E-state index in [0.29, 0.717) is 6.04 Å². The standard InChI is InChI=1S/C20H29N7/c1-16-15-18(24-17-7-4-2-3-5-8-17)25-20(23-16)27-13-11-26(12-14-27)19-21-9-6-10-22-19/h6,9-10,15,17H,2-5,7-8,11-14H2,1H3,(H,23,24,25). The van der Waals surface area contributed by atoms with Gasteiger partial charge in [-0.05, 0) is 25.8 Å². The summed E-state index contributed by atoms with van der Waals surface area (Å²) in [4.78, 5) is 22.7. The summed E-state index contributed by atoms with van der Waals surface area (Å²) in [5.74, 6) is 2.61. The normalized spacial score (nSPS) is 19.0. The molecule has 3 heterocycles. The van der Waals surface area contributed by atoms with Crippen LogP contribution in [-0.4, -0.2) is 52.2 Å². The molecular formula is C20H29N7. The van der Waals surface area contributed by atoms with E-state index >= 15 is 0 Å². The van der Waals surface area contributed by atoms with Crippen LogP contribution in [0, 0.1) is 6.92 Å². The lowest BCUT2D eigenvalue weighted by Crippen LogP contribution is -2.47. The van der Waals surface area contributed by atoms with E-state index in [-0.39, 0.29) is 0 Å². The third kappa shape index (κ3) is 4.64. The van der Waals surface area contributed by atoms with Crippen molar-refractivity contribution in [2.24, 2.45) is 0 Å². The molecule has 0 spiro atoms. The van der Waals surface area contributed by atoms with Gasteiger partial charge in [-0.1, -0.05) is 25.7 Å². The van der Waals surface area contributed by atoms with E-state index in [4.69, 9.17) is 9.97 Å². The van der Waals surface area contributed by atoms with Gasteiger partial charge in [-0.25, -0.2) is 15.0 Å². The molecule has 2 fully saturated rings. The molecule has 0 bridgehead atoms. The molecule has 27 heavy (non-hydrogen) atoms. The van der Waals surface area contributed by atoms with E-state index in [9.17, 15) is 0 Å². The summed E-state index contributed by atoms with van der Waals surface area (Å²) in [6.45, 7) is 5.58. The van der Waals surface area contributed by atoms with Crippen LogP contribution in [-0.2, 0) is 0 Å². The average molecular weight is 368 g/mol. The van der Waals surface area contributed by atoms with Crippen LogP contribution in [0.25, 0.3) is 0 Å². The number of hydrogen-bond donors (Lipinski definition) is 1. The number of rotatable bonds is 4. The van der Waals surface area contributed by atoms with Gasteiger partial charge in [0.25, 0.3) is 0 Å². The highest BCUT2D eigenvalue weighted by atomic mass is 15.4. The number of nitrogens with zero attached hydrogens (tertiary/aromatic N) is 6. The van der Waals surface area contributed by atoms with Gasteiger partial charge >= 0.3 is 0 Å². The van der Waals surface area contributed by atoms with E-state index in [2.05, 4.69) is 38.1 Å². The molecule has 2 aromatic rings. The second-order valence-corrected chi connectivity index (χ2v) is 7.55. The van der Waals surface area contributed by atoms with Crippen molar-refractivity contribution in [1.82, 2.24) is 19.9 Å². The first kappa shape index (κ1) is 17.9.